The lowest BCUT2D eigenvalue weighted by Crippen LogP contribution is -2.05. The fraction of sp³-hybridized carbons (Fsp3) is 0.250. The number of benzene rings is 1. The highest BCUT2D eigenvalue weighted by Crippen LogP contribution is 2.16. The summed E-state index contributed by atoms with van der Waals surface area (Å²) in [6.45, 7) is -1.10. The molecule has 78 valence electrons. The lowest BCUT2D eigenvalue weighted by molar-refractivity contribution is 0.459. The summed E-state index contributed by atoms with van der Waals surface area (Å²) in [5, 5.41) is 0. The maximum atomic E-state index is 12.9. The van der Waals surface area contributed by atoms with Crippen molar-refractivity contribution in [1.82, 2.24) is 0 Å². The molecule has 0 fully saturated rings. The Morgan fingerprint density at radius 1 is 1.36 bits per heavy atom. The second-order valence-electron chi connectivity index (χ2n) is 2.74. The number of rotatable bonds is 3. The van der Waals surface area contributed by atoms with E-state index in [-0.39, 0.29) is 11.1 Å². The van der Waals surface area contributed by atoms with Crippen molar-refractivity contribution in [1.29, 1.82) is 0 Å². The van der Waals surface area contributed by atoms with Crippen LogP contribution >= 0.6 is 0 Å². The van der Waals surface area contributed by atoms with E-state index in [9.17, 15) is 17.2 Å². The van der Waals surface area contributed by atoms with Gasteiger partial charge in [0.15, 0.2) is 0 Å². The average molecular weight is 222 g/mol. The van der Waals surface area contributed by atoms with Crippen molar-refractivity contribution in [2.75, 3.05) is 0 Å². The molecule has 0 aliphatic rings. The van der Waals surface area contributed by atoms with Gasteiger partial charge in [0.25, 0.3) is 10.1 Å². The van der Waals surface area contributed by atoms with Crippen LogP contribution in [0.4, 0.5) is 8.78 Å². The fourth-order valence-electron chi connectivity index (χ4n) is 1.08. The van der Waals surface area contributed by atoms with Crippen molar-refractivity contribution in [2.24, 2.45) is 0 Å². The zero-order chi connectivity index (χ0) is 10.8. The van der Waals surface area contributed by atoms with E-state index in [1.807, 2.05) is 0 Å². The van der Waals surface area contributed by atoms with Crippen LogP contribution in [0.2, 0.25) is 0 Å². The molecule has 14 heavy (non-hydrogen) atoms. The normalized spacial score (nSPS) is 11.6. The minimum Gasteiger partial charge on any atom is -0.285 e. The van der Waals surface area contributed by atoms with Crippen molar-refractivity contribution in [2.45, 2.75) is 12.4 Å². The molecule has 0 saturated carbocycles. The molecule has 0 spiro atoms. The lowest BCUT2D eigenvalue weighted by atomic mass is 10.1. The van der Waals surface area contributed by atoms with Gasteiger partial charge >= 0.3 is 0 Å². The molecule has 3 nitrogen and oxygen atoms in total. The summed E-state index contributed by atoms with van der Waals surface area (Å²) in [5.41, 5.74) is -0.389. The lowest BCUT2D eigenvalue weighted by Gasteiger charge is -2.05. The molecule has 1 rings (SSSR count). The molecule has 6 heteroatoms. The van der Waals surface area contributed by atoms with E-state index in [1.165, 1.54) is 12.1 Å². The van der Waals surface area contributed by atoms with E-state index in [0.29, 0.717) is 0 Å². The Morgan fingerprint density at radius 3 is 2.50 bits per heavy atom. The summed E-state index contributed by atoms with van der Waals surface area (Å²) in [5.74, 6) is -1.59. The van der Waals surface area contributed by atoms with Gasteiger partial charge in [0.05, 0.1) is 0 Å². The third-order valence-corrected chi connectivity index (χ3v) is 2.36. The predicted molar refractivity (Wildman–Crippen MR) is 46.5 cm³/mol. The Kier molecular flexibility index (Phi) is 3.17. The molecule has 0 amide bonds. The van der Waals surface area contributed by atoms with Gasteiger partial charge in [-0.15, -0.1) is 0 Å². The highest BCUT2D eigenvalue weighted by Gasteiger charge is 2.13. The second kappa shape index (κ2) is 4.02. The van der Waals surface area contributed by atoms with E-state index in [2.05, 4.69) is 0 Å². The van der Waals surface area contributed by atoms with Crippen LogP contribution in [0.25, 0.3) is 0 Å². The fourth-order valence-corrected chi connectivity index (χ4v) is 1.75. The van der Waals surface area contributed by atoms with Crippen LogP contribution in [-0.4, -0.2) is 13.0 Å². The minimum atomic E-state index is -4.26. The molecule has 0 aliphatic carbocycles. The molecule has 0 aromatic heterocycles. The number of hydrogen-bond donors (Lipinski definition) is 1. The van der Waals surface area contributed by atoms with Gasteiger partial charge in [-0.05, 0) is 11.6 Å². The molecule has 0 atom stereocenters. The van der Waals surface area contributed by atoms with Crippen LogP contribution < -0.4 is 0 Å². The van der Waals surface area contributed by atoms with Gasteiger partial charge in [0.1, 0.15) is 18.2 Å². The standard InChI is InChI=1S/C8H8F2O3S/c9-4-7-6(5-14(11,12)13)2-1-3-8(7)10/h1-3H,4-5H2,(H,11,12,13). The largest absolute Gasteiger partial charge is 0.285 e. The molecule has 0 saturated heterocycles. The first kappa shape index (κ1) is 11.1. The van der Waals surface area contributed by atoms with E-state index >= 15 is 0 Å². The first-order chi connectivity index (χ1) is 6.44. The van der Waals surface area contributed by atoms with Crippen molar-refractivity contribution >= 4 is 10.1 Å². The van der Waals surface area contributed by atoms with Gasteiger partial charge < -0.3 is 0 Å². The molecule has 0 radical (unpaired) electrons. The third-order valence-electron chi connectivity index (χ3n) is 1.69. The van der Waals surface area contributed by atoms with Crippen LogP contribution in [0.5, 0.6) is 0 Å². The summed E-state index contributed by atoms with van der Waals surface area (Å²) in [4.78, 5) is 0. The van der Waals surface area contributed by atoms with E-state index < -0.39 is 28.4 Å². The van der Waals surface area contributed by atoms with E-state index in [4.69, 9.17) is 4.55 Å². The van der Waals surface area contributed by atoms with Gasteiger partial charge in [-0.2, -0.15) is 8.42 Å². The summed E-state index contributed by atoms with van der Waals surface area (Å²) < 4.78 is 54.7. The molecule has 1 aromatic rings. The van der Waals surface area contributed by atoms with Crippen LogP contribution in [0, 0.1) is 5.82 Å². The SMILES string of the molecule is O=S(=O)(O)Cc1cccc(F)c1CF. The molecule has 0 unspecified atom stereocenters. The number of hydrogen-bond acceptors (Lipinski definition) is 2. The highest BCUT2D eigenvalue weighted by molar-refractivity contribution is 7.85. The minimum absolute atomic E-state index is 0.0602. The van der Waals surface area contributed by atoms with Gasteiger partial charge in [-0.1, -0.05) is 12.1 Å². The van der Waals surface area contributed by atoms with Gasteiger partial charge in [-0.3, -0.25) is 4.55 Å². The van der Waals surface area contributed by atoms with E-state index in [0.717, 1.165) is 6.07 Å². The molecule has 0 heterocycles. The number of halogens is 2. The summed E-state index contributed by atoms with van der Waals surface area (Å²) in [6, 6.07) is 3.54. The molecule has 1 N–H and O–H groups in total. The Hall–Kier alpha value is -1.01. The summed E-state index contributed by atoms with van der Waals surface area (Å²) >= 11 is 0. The monoisotopic (exact) mass is 222 g/mol. The van der Waals surface area contributed by atoms with Crippen molar-refractivity contribution in [3.63, 3.8) is 0 Å². The Labute approximate surface area is 80.1 Å². The zero-order valence-corrected chi connectivity index (χ0v) is 7.89. The smallest absolute Gasteiger partial charge is 0.269 e. The van der Waals surface area contributed by atoms with E-state index in [1.54, 1.807) is 0 Å². The first-order valence-corrected chi connectivity index (χ1v) is 5.32. The Morgan fingerprint density at radius 2 is 2.00 bits per heavy atom. The van der Waals surface area contributed by atoms with Crippen LogP contribution in [0.3, 0.4) is 0 Å². The summed E-state index contributed by atoms with van der Waals surface area (Å²) in [6.07, 6.45) is 0. The predicted octanol–water partition coefficient (Wildman–Crippen LogP) is 1.68. The number of alkyl halides is 1. The van der Waals surface area contributed by atoms with Crippen molar-refractivity contribution < 1.29 is 21.8 Å². The molecule has 0 aliphatic heterocycles. The topological polar surface area (TPSA) is 54.4 Å². The van der Waals surface area contributed by atoms with Gasteiger partial charge in [0.2, 0.25) is 0 Å². The first-order valence-electron chi connectivity index (χ1n) is 3.71. The van der Waals surface area contributed by atoms with Crippen LogP contribution in [0.1, 0.15) is 11.1 Å². The van der Waals surface area contributed by atoms with Crippen molar-refractivity contribution in [3.8, 4) is 0 Å². The van der Waals surface area contributed by atoms with Crippen molar-refractivity contribution in [3.05, 3.63) is 35.1 Å². The molecule has 1 aromatic carbocycles. The molecule has 0 bridgehead atoms. The Bertz CT molecular complexity index is 428. The maximum absolute atomic E-state index is 12.9. The highest BCUT2D eigenvalue weighted by atomic mass is 32.2. The second-order valence-corrected chi connectivity index (χ2v) is 4.19. The van der Waals surface area contributed by atoms with Gasteiger partial charge in [0, 0.05) is 5.56 Å². The zero-order valence-electron chi connectivity index (χ0n) is 7.07. The van der Waals surface area contributed by atoms with Gasteiger partial charge in [-0.25, -0.2) is 8.78 Å². The quantitative estimate of drug-likeness (QED) is 0.791. The molecular formula is C8H8F2O3S. The Balaban J connectivity index is 3.15. The third kappa shape index (κ3) is 2.74. The molecular weight excluding hydrogens is 214 g/mol. The maximum Gasteiger partial charge on any atom is 0.269 e. The average Bonchev–Trinajstić information content (AvgIpc) is 2.01. The van der Waals surface area contributed by atoms with Crippen LogP contribution in [-0.2, 0) is 22.5 Å². The summed E-state index contributed by atoms with van der Waals surface area (Å²) in [7, 11) is -4.26. The van der Waals surface area contributed by atoms with Crippen LogP contribution in [0.15, 0.2) is 18.2 Å².